The van der Waals surface area contributed by atoms with E-state index in [1.807, 2.05) is 12.1 Å². The maximum absolute atomic E-state index is 12.6. The number of rotatable bonds is 10. The molecule has 1 aromatic carbocycles. The largest absolute Gasteiger partial charge is 0.356 e. The van der Waals surface area contributed by atoms with Gasteiger partial charge in [0, 0.05) is 26.1 Å². The number of carbonyl (C=O) groups excluding carboxylic acids is 1. The van der Waals surface area contributed by atoms with Gasteiger partial charge in [-0.05, 0) is 88.2 Å². The monoisotopic (exact) mass is 435 g/mol. The fourth-order valence-electron chi connectivity index (χ4n) is 4.23. The van der Waals surface area contributed by atoms with Crippen LogP contribution in [0.3, 0.4) is 0 Å². The second-order valence-corrected chi connectivity index (χ2v) is 10.8. The van der Waals surface area contributed by atoms with Crippen molar-refractivity contribution in [2.45, 2.75) is 63.2 Å². The summed E-state index contributed by atoms with van der Waals surface area (Å²) in [5.41, 5.74) is 0.991. The molecule has 0 bridgehead atoms. The molecule has 0 saturated carbocycles. The highest BCUT2D eigenvalue weighted by atomic mass is 32.2. The highest BCUT2D eigenvalue weighted by molar-refractivity contribution is 7.89. The molecule has 0 unspecified atom stereocenters. The Morgan fingerprint density at radius 3 is 2.37 bits per heavy atom. The highest BCUT2D eigenvalue weighted by Gasteiger charge is 2.26. The van der Waals surface area contributed by atoms with E-state index in [4.69, 9.17) is 0 Å². The molecule has 7 heteroatoms. The third-order valence-electron chi connectivity index (χ3n) is 6.37. The molecule has 1 amide bonds. The van der Waals surface area contributed by atoms with Gasteiger partial charge in [0.05, 0.1) is 4.90 Å². The summed E-state index contributed by atoms with van der Waals surface area (Å²) in [6.07, 6.45) is 7.68. The van der Waals surface area contributed by atoms with Crippen LogP contribution < -0.4 is 5.32 Å². The zero-order chi connectivity index (χ0) is 21.4. The Morgan fingerprint density at radius 1 is 1.03 bits per heavy atom. The average Bonchev–Trinajstić information content (AvgIpc) is 3.29. The van der Waals surface area contributed by atoms with Crippen molar-refractivity contribution in [2.24, 2.45) is 5.92 Å². The van der Waals surface area contributed by atoms with Gasteiger partial charge in [0.1, 0.15) is 0 Å². The van der Waals surface area contributed by atoms with Crippen LogP contribution in [0.2, 0.25) is 0 Å². The maximum atomic E-state index is 12.6. The molecule has 3 rings (SSSR count). The van der Waals surface area contributed by atoms with Crippen molar-refractivity contribution in [3.63, 3.8) is 0 Å². The second kappa shape index (κ2) is 11.3. The number of carbonyl (C=O) groups is 1. The number of nitrogens with one attached hydrogen (secondary N) is 1. The number of hydrogen-bond donors (Lipinski definition) is 1. The van der Waals surface area contributed by atoms with Gasteiger partial charge in [0.2, 0.25) is 15.9 Å². The molecule has 2 fully saturated rings. The van der Waals surface area contributed by atoms with Crippen LogP contribution in [-0.2, 0) is 21.2 Å². The summed E-state index contributed by atoms with van der Waals surface area (Å²) >= 11 is 0. The van der Waals surface area contributed by atoms with Gasteiger partial charge in [0.25, 0.3) is 0 Å². The van der Waals surface area contributed by atoms with E-state index in [1.54, 1.807) is 16.4 Å². The zero-order valence-corrected chi connectivity index (χ0v) is 19.1. The van der Waals surface area contributed by atoms with Gasteiger partial charge in [-0.2, -0.15) is 4.31 Å². The first kappa shape index (κ1) is 23.2. The molecule has 30 heavy (non-hydrogen) atoms. The highest BCUT2D eigenvalue weighted by Crippen LogP contribution is 2.21. The number of hydrogen-bond acceptors (Lipinski definition) is 4. The molecule has 2 aliphatic rings. The third kappa shape index (κ3) is 6.79. The van der Waals surface area contributed by atoms with Crippen molar-refractivity contribution in [2.75, 3.05) is 39.3 Å². The van der Waals surface area contributed by atoms with Crippen LogP contribution >= 0.6 is 0 Å². The first-order valence-corrected chi connectivity index (χ1v) is 13.0. The number of nitrogens with zero attached hydrogens (tertiary/aromatic N) is 2. The van der Waals surface area contributed by atoms with Crippen LogP contribution in [0.4, 0.5) is 0 Å². The molecule has 0 radical (unpaired) electrons. The van der Waals surface area contributed by atoms with Crippen LogP contribution in [0.15, 0.2) is 29.2 Å². The van der Waals surface area contributed by atoms with E-state index in [-0.39, 0.29) is 5.91 Å². The molecule has 168 valence electrons. The molecule has 0 aromatic heterocycles. The van der Waals surface area contributed by atoms with E-state index in [2.05, 4.69) is 17.1 Å². The molecule has 2 saturated heterocycles. The summed E-state index contributed by atoms with van der Waals surface area (Å²) in [6, 6.07) is 7.00. The predicted molar refractivity (Wildman–Crippen MR) is 120 cm³/mol. The average molecular weight is 436 g/mol. The SMILES string of the molecule is CC1CCN(CCCCNC(=O)CCc2ccc(S(=O)(=O)N3CCCC3)cc2)CC1. The molecule has 1 aromatic rings. The minimum absolute atomic E-state index is 0.0653. The van der Waals surface area contributed by atoms with E-state index in [1.165, 1.54) is 25.9 Å². The second-order valence-electron chi connectivity index (χ2n) is 8.84. The van der Waals surface area contributed by atoms with Crippen molar-refractivity contribution in [1.82, 2.24) is 14.5 Å². The normalized spacial score (nSPS) is 19.2. The van der Waals surface area contributed by atoms with Gasteiger partial charge in [0.15, 0.2) is 0 Å². The van der Waals surface area contributed by atoms with E-state index >= 15 is 0 Å². The molecule has 1 N–H and O–H groups in total. The minimum atomic E-state index is -3.36. The first-order chi connectivity index (χ1) is 14.4. The van der Waals surface area contributed by atoms with Gasteiger partial charge in [-0.1, -0.05) is 19.1 Å². The zero-order valence-electron chi connectivity index (χ0n) is 18.3. The lowest BCUT2D eigenvalue weighted by atomic mass is 9.99. The fraction of sp³-hybridized carbons (Fsp3) is 0.696. The Balaban J connectivity index is 1.31. The van der Waals surface area contributed by atoms with Crippen LogP contribution in [0.1, 0.15) is 57.4 Å². The Kier molecular flexibility index (Phi) is 8.72. The minimum Gasteiger partial charge on any atom is -0.356 e. The Morgan fingerprint density at radius 2 is 1.70 bits per heavy atom. The number of unbranched alkanes of at least 4 members (excludes halogenated alkanes) is 1. The van der Waals surface area contributed by atoms with Crippen molar-refractivity contribution in [1.29, 1.82) is 0 Å². The lowest BCUT2D eigenvalue weighted by molar-refractivity contribution is -0.121. The topological polar surface area (TPSA) is 69.7 Å². The smallest absolute Gasteiger partial charge is 0.243 e. The number of aryl methyl sites for hydroxylation is 1. The summed E-state index contributed by atoms with van der Waals surface area (Å²) in [5, 5.41) is 3.01. The maximum Gasteiger partial charge on any atom is 0.243 e. The van der Waals surface area contributed by atoms with Crippen molar-refractivity contribution < 1.29 is 13.2 Å². The number of sulfonamides is 1. The lowest BCUT2D eigenvalue weighted by Crippen LogP contribution is -2.34. The number of likely N-dealkylation sites (tertiary alicyclic amines) is 1. The summed E-state index contributed by atoms with van der Waals surface area (Å²) in [7, 11) is -3.36. The molecule has 2 heterocycles. The summed E-state index contributed by atoms with van der Waals surface area (Å²) in [5.74, 6) is 0.932. The standard InChI is InChI=1S/C23H37N3O3S/c1-20-12-18-25(19-13-20)15-3-2-14-24-23(27)11-8-21-6-9-22(10-7-21)30(28,29)26-16-4-5-17-26/h6-7,9-10,20H,2-5,8,11-19H2,1H3,(H,24,27). The van der Waals surface area contributed by atoms with Crippen molar-refractivity contribution in [3.8, 4) is 0 Å². The quantitative estimate of drug-likeness (QED) is 0.574. The van der Waals surface area contributed by atoms with Crippen LogP contribution in [-0.4, -0.2) is 62.8 Å². The Labute approximate surface area is 182 Å². The molecular formula is C23H37N3O3S. The predicted octanol–water partition coefficient (Wildman–Crippen LogP) is 3.03. The van der Waals surface area contributed by atoms with Gasteiger partial charge in [-0.15, -0.1) is 0 Å². The molecular weight excluding hydrogens is 398 g/mol. The van der Waals surface area contributed by atoms with E-state index < -0.39 is 10.0 Å². The third-order valence-corrected chi connectivity index (χ3v) is 8.28. The van der Waals surface area contributed by atoms with E-state index in [0.29, 0.717) is 30.8 Å². The lowest BCUT2D eigenvalue weighted by Gasteiger charge is -2.30. The number of amides is 1. The summed E-state index contributed by atoms with van der Waals surface area (Å²) in [4.78, 5) is 15.0. The van der Waals surface area contributed by atoms with Gasteiger partial charge in [-0.25, -0.2) is 8.42 Å². The number of benzene rings is 1. The van der Waals surface area contributed by atoms with Crippen molar-refractivity contribution in [3.05, 3.63) is 29.8 Å². The molecule has 0 spiro atoms. The first-order valence-electron chi connectivity index (χ1n) is 11.5. The van der Waals surface area contributed by atoms with E-state index in [0.717, 1.165) is 50.3 Å². The summed E-state index contributed by atoms with van der Waals surface area (Å²) < 4.78 is 26.7. The van der Waals surface area contributed by atoms with Crippen LogP contribution in [0, 0.1) is 5.92 Å². The van der Waals surface area contributed by atoms with Crippen molar-refractivity contribution >= 4 is 15.9 Å². The molecule has 2 aliphatic heterocycles. The number of piperidine rings is 1. The van der Waals surface area contributed by atoms with E-state index in [9.17, 15) is 13.2 Å². The molecule has 0 atom stereocenters. The molecule has 6 nitrogen and oxygen atoms in total. The van der Waals surface area contributed by atoms with Crippen LogP contribution in [0.25, 0.3) is 0 Å². The Bertz CT molecular complexity index is 765. The van der Waals surface area contributed by atoms with Gasteiger partial charge >= 0.3 is 0 Å². The summed E-state index contributed by atoms with van der Waals surface area (Å²) in [6.45, 7) is 7.85. The molecule has 0 aliphatic carbocycles. The Hall–Kier alpha value is -1.44. The van der Waals surface area contributed by atoms with Gasteiger partial charge in [-0.3, -0.25) is 4.79 Å². The van der Waals surface area contributed by atoms with Crippen LogP contribution in [0.5, 0.6) is 0 Å². The van der Waals surface area contributed by atoms with Gasteiger partial charge < -0.3 is 10.2 Å². The fourth-order valence-corrected chi connectivity index (χ4v) is 5.74.